The van der Waals surface area contributed by atoms with E-state index in [0.717, 1.165) is 6.54 Å². The van der Waals surface area contributed by atoms with E-state index < -0.39 is 0 Å². The maximum absolute atomic E-state index is 5.70. The minimum absolute atomic E-state index is 0.414. The highest BCUT2D eigenvalue weighted by atomic mass is 14.7. The molecular formula is C10H16N2. The van der Waals surface area contributed by atoms with Crippen LogP contribution in [0.15, 0.2) is 18.5 Å². The van der Waals surface area contributed by atoms with E-state index in [1.165, 1.54) is 5.56 Å². The van der Waals surface area contributed by atoms with Crippen LogP contribution in [0.2, 0.25) is 0 Å². The molecule has 1 saturated carbocycles. The summed E-state index contributed by atoms with van der Waals surface area (Å²) in [6.45, 7) is 5.40. The van der Waals surface area contributed by atoms with Crippen LogP contribution in [-0.2, 0) is 0 Å². The second kappa shape index (κ2) is 2.36. The second-order valence-corrected chi connectivity index (χ2v) is 4.29. The van der Waals surface area contributed by atoms with E-state index in [2.05, 4.69) is 31.1 Å². The summed E-state index contributed by atoms with van der Waals surface area (Å²) in [5.74, 6) is 1.35. The molecule has 2 rings (SSSR count). The molecule has 2 heteroatoms. The van der Waals surface area contributed by atoms with Crippen LogP contribution in [0, 0.1) is 11.3 Å². The lowest BCUT2D eigenvalue weighted by Crippen LogP contribution is -2.05. The first-order valence-corrected chi connectivity index (χ1v) is 4.50. The lowest BCUT2D eigenvalue weighted by atomic mass is 10.1. The summed E-state index contributed by atoms with van der Waals surface area (Å²) in [6.07, 6.45) is 4.07. The molecule has 1 aliphatic rings. The standard InChI is InChI=1S/C10H16N2/c1-10(2)8(5-11)9(10)7-3-4-12-6-7/h3-4,6,8-9,12H,5,11H2,1-2H3. The molecule has 3 N–H and O–H groups in total. The SMILES string of the molecule is CC1(C)C(CN)C1c1cc[nH]c1. The normalized spacial score (nSPS) is 31.9. The molecular weight excluding hydrogens is 148 g/mol. The first kappa shape index (κ1) is 7.87. The molecule has 0 amide bonds. The van der Waals surface area contributed by atoms with Crippen LogP contribution in [0.25, 0.3) is 0 Å². The van der Waals surface area contributed by atoms with Gasteiger partial charge in [-0.3, -0.25) is 0 Å². The number of aromatic nitrogens is 1. The fourth-order valence-electron chi connectivity index (χ4n) is 2.38. The van der Waals surface area contributed by atoms with Crippen LogP contribution in [0.5, 0.6) is 0 Å². The zero-order valence-corrected chi connectivity index (χ0v) is 7.67. The summed E-state index contributed by atoms with van der Waals surface area (Å²) >= 11 is 0. The Morgan fingerprint density at radius 1 is 1.58 bits per heavy atom. The first-order chi connectivity index (χ1) is 5.68. The Balaban J connectivity index is 2.19. The van der Waals surface area contributed by atoms with Crippen molar-refractivity contribution in [3.05, 3.63) is 24.0 Å². The van der Waals surface area contributed by atoms with Crippen molar-refractivity contribution in [2.45, 2.75) is 19.8 Å². The Morgan fingerprint density at radius 3 is 2.75 bits per heavy atom. The molecule has 1 aromatic rings. The number of nitrogens with one attached hydrogen (secondary N) is 1. The van der Waals surface area contributed by atoms with E-state index >= 15 is 0 Å². The van der Waals surface area contributed by atoms with Crippen molar-refractivity contribution >= 4 is 0 Å². The number of H-pyrrole nitrogens is 1. The first-order valence-electron chi connectivity index (χ1n) is 4.50. The molecule has 66 valence electrons. The maximum Gasteiger partial charge on any atom is 0.00405 e. The Labute approximate surface area is 73.2 Å². The number of aromatic amines is 1. The number of nitrogens with two attached hydrogens (primary N) is 1. The molecule has 2 unspecified atom stereocenters. The minimum Gasteiger partial charge on any atom is -0.367 e. The van der Waals surface area contributed by atoms with Crippen LogP contribution < -0.4 is 5.73 Å². The van der Waals surface area contributed by atoms with Gasteiger partial charge in [-0.1, -0.05) is 13.8 Å². The molecule has 1 heterocycles. The average molecular weight is 164 g/mol. The van der Waals surface area contributed by atoms with Crippen molar-refractivity contribution in [2.24, 2.45) is 17.1 Å². The summed E-state index contributed by atoms with van der Waals surface area (Å²) in [7, 11) is 0. The molecule has 0 saturated heterocycles. The fourth-order valence-corrected chi connectivity index (χ4v) is 2.38. The van der Waals surface area contributed by atoms with E-state index in [1.807, 2.05) is 6.20 Å². The molecule has 0 spiro atoms. The van der Waals surface area contributed by atoms with Crippen molar-refractivity contribution in [1.82, 2.24) is 4.98 Å². The number of hydrogen-bond donors (Lipinski definition) is 2. The molecule has 1 aliphatic carbocycles. The van der Waals surface area contributed by atoms with Gasteiger partial charge in [0.1, 0.15) is 0 Å². The van der Waals surface area contributed by atoms with E-state index in [0.29, 0.717) is 17.3 Å². The minimum atomic E-state index is 0.414. The predicted octanol–water partition coefficient (Wildman–Crippen LogP) is 1.71. The highest BCUT2D eigenvalue weighted by Crippen LogP contribution is 2.63. The van der Waals surface area contributed by atoms with Gasteiger partial charge in [0.2, 0.25) is 0 Å². The van der Waals surface area contributed by atoms with Crippen LogP contribution in [0.4, 0.5) is 0 Å². The second-order valence-electron chi connectivity index (χ2n) is 4.29. The summed E-state index contributed by atoms with van der Waals surface area (Å²) in [5, 5.41) is 0. The third-order valence-corrected chi connectivity index (χ3v) is 3.29. The van der Waals surface area contributed by atoms with Gasteiger partial charge in [-0.25, -0.2) is 0 Å². The predicted molar refractivity (Wildman–Crippen MR) is 49.9 cm³/mol. The molecule has 2 atom stereocenters. The quantitative estimate of drug-likeness (QED) is 0.686. The van der Waals surface area contributed by atoms with Crippen molar-refractivity contribution < 1.29 is 0 Å². The summed E-state index contributed by atoms with van der Waals surface area (Å²) in [5.41, 5.74) is 7.52. The Hall–Kier alpha value is -0.760. The highest BCUT2D eigenvalue weighted by Gasteiger charge is 2.57. The lowest BCUT2D eigenvalue weighted by molar-refractivity contribution is 0.558. The molecule has 1 aromatic heterocycles. The Morgan fingerprint density at radius 2 is 2.33 bits per heavy atom. The molecule has 0 radical (unpaired) electrons. The van der Waals surface area contributed by atoms with Crippen molar-refractivity contribution in [3.63, 3.8) is 0 Å². The van der Waals surface area contributed by atoms with E-state index in [9.17, 15) is 0 Å². The zero-order valence-electron chi connectivity index (χ0n) is 7.67. The Kier molecular flexibility index (Phi) is 1.55. The topological polar surface area (TPSA) is 41.8 Å². The fraction of sp³-hybridized carbons (Fsp3) is 0.600. The van der Waals surface area contributed by atoms with Gasteiger partial charge in [-0.05, 0) is 35.4 Å². The third-order valence-electron chi connectivity index (χ3n) is 3.29. The van der Waals surface area contributed by atoms with Gasteiger partial charge in [0.05, 0.1) is 0 Å². The van der Waals surface area contributed by atoms with Crippen molar-refractivity contribution in [3.8, 4) is 0 Å². The molecule has 12 heavy (non-hydrogen) atoms. The molecule has 2 nitrogen and oxygen atoms in total. The van der Waals surface area contributed by atoms with E-state index in [1.54, 1.807) is 0 Å². The molecule has 0 aliphatic heterocycles. The monoisotopic (exact) mass is 164 g/mol. The van der Waals surface area contributed by atoms with Crippen LogP contribution in [0.3, 0.4) is 0 Å². The lowest BCUT2D eigenvalue weighted by Gasteiger charge is -1.98. The average Bonchev–Trinajstić information content (AvgIpc) is 2.50. The van der Waals surface area contributed by atoms with Gasteiger partial charge in [0, 0.05) is 12.4 Å². The molecule has 0 bridgehead atoms. The van der Waals surface area contributed by atoms with E-state index in [4.69, 9.17) is 5.73 Å². The van der Waals surface area contributed by atoms with Gasteiger partial charge >= 0.3 is 0 Å². The third kappa shape index (κ3) is 0.911. The number of rotatable bonds is 2. The maximum atomic E-state index is 5.70. The highest BCUT2D eigenvalue weighted by molar-refractivity contribution is 5.29. The smallest absolute Gasteiger partial charge is 0.00405 e. The van der Waals surface area contributed by atoms with Crippen molar-refractivity contribution in [2.75, 3.05) is 6.54 Å². The summed E-state index contributed by atoms with van der Waals surface area (Å²) < 4.78 is 0. The van der Waals surface area contributed by atoms with Crippen LogP contribution in [0.1, 0.15) is 25.3 Å². The van der Waals surface area contributed by atoms with Gasteiger partial charge < -0.3 is 10.7 Å². The van der Waals surface area contributed by atoms with Crippen molar-refractivity contribution in [1.29, 1.82) is 0 Å². The van der Waals surface area contributed by atoms with E-state index in [-0.39, 0.29) is 0 Å². The van der Waals surface area contributed by atoms with Gasteiger partial charge in [0.25, 0.3) is 0 Å². The van der Waals surface area contributed by atoms with Gasteiger partial charge in [-0.2, -0.15) is 0 Å². The van der Waals surface area contributed by atoms with Crippen LogP contribution in [-0.4, -0.2) is 11.5 Å². The number of hydrogen-bond acceptors (Lipinski definition) is 1. The Bertz CT molecular complexity index is 261. The molecule has 1 fully saturated rings. The zero-order chi connectivity index (χ0) is 8.77. The van der Waals surface area contributed by atoms with Gasteiger partial charge in [-0.15, -0.1) is 0 Å². The van der Waals surface area contributed by atoms with Crippen LogP contribution >= 0.6 is 0 Å². The molecule has 0 aromatic carbocycles. The summed E-state index contributed by atoms with van der Waals surface area (Å²) in [4.78, 5) is 3.09. The van der Waals surface area contributed by atoms with Gasteiger partial charge in [0.15, 0.2) is 0 Å². The summed E-state index contributed by atoms with van der Waals surface area (Å²) in [6, 6.07) is 2.15. The largest absolute Gasteiger partial charge is 0.367 e.